The van der Waals surface area contributed by atoms with Crippen molar-refractivity contribution >= 4 is 30.8 Å². The summed E-state index contributed by atoms with van der Waals surface area (Å²) in [5.74, 6) is -0.426. The maximum absolute atomic E-state index is 10.4. The van der Waals surface area contributed by atoms with Crippen LogP contribution in [0.2, 0.25) is 0 Å². The number of carboxylic acids is 1. The third-order valence-electron chi connectivity index (χ3n) is 1.80. The van der Waals surface area contributed by atoms with Gasteiger partial charge in [-0.25, -0.2) is 0 Å². The van der Waals surface area contributed by atoms with E-state index in [0.29, 0.717) is 12.3 Å². The van der Waals surface area contributed by atoms with E-state index in [4.69, 9.17) is 5.11 Å². The first-order valence-electron chi connectivity index (χ1n) is 3.32. The predicted molar refractivity (Wildman–Crippen MR) is 52.2 cm³/mol. The molecule has 1 rings (SSSR count). The van der Waals surface area contributed by atoms with Crippen LogP contribution >= 0.6 is 24.8 Å². The second-order valence-electron chi connectivity index (χ2n) is 2.53. The predicted octanol–water partition coefficient (Wildman–Crippen LogP) is 1.08. The largest absolute Gasteiger partial charge is 0.480 e. The molecule has 1 saturated heterocycles. The van der Waals surface area contributed by atoms with E-state index < -0.39 is 5.97 Å². The molecule has 2 unspecified atom stereocenters. The summed E-state index contributed by atoms with van der Waals surface area (Å²) in [4.78, 5) is 10.4. The molecule has 1 heterocycles. The number of hydrogen-bond donors (Lipinski definition) is 2. The van der Waals surface area contributed by atoms with Gasteiger partial charge in [0.15, 0.2) is 0 Å². The number of hydrogen-bond acceptors (Lipinski definition) is 2. The average molecular weight is 214 g/mol. The number of aliphatic carboxylic acids is 1. The molecule has 0 aliphatic carbocycles. The lowest BCUT2D eigenvalue weighted by molar-refractivity contribution is -0.139. The zero-order chi connectivity index (χ0) is 7.56. The highest BCUT2D eigenvalue weighted by atomic mass is 35.5. The lowest BCUT2D eigenvalue weighted by atomic mass is 10.1. The molecule has 0 aromatic rings. The van der Waals surface area contributed by atoms with Crippen molar-refractivity contribution in [1.82, 2.24) is 5.32 Å². The van der Waals surface area contributed by atoms with Gasteiger partial charge in [0.25, 0.3) is 0 Å². The highest BCUT2D eigenvalue weighted by Gasteiger charge is 2.26. The Morgan fingerprint density at radius 1 is 1.58 bits per heavy atom. The minimum absolute atomic E-state index is 0. The maximum atomic E-state index is 10.4. The first-order valence-corrected chi connectivity index (χ1v) is 3.32. The van der Waals surface area contributed by atoms with Crippen LogP contribution in [0.1, 0.15) is 6.42 Å². The first-order chi connectivity index (χ1) is 4.74. The lowest BCUT2D eigenvalue weighted by Gasteiger charge is -2.00. The fourth-order valence-corrected chi connectivity index (χ4v) is 1.13. The normalized spacial score (nSPS) is 26.7. The van der Waals surface area contributed by atoms with Crippen molar-refractivity contribution in [2.75, 3.05) is 6.54 Å². The maximum Gasteiger partial charge on any atom is 0.320 e. The number of halogens is 2. The van der Waals surface area contributed by atoms with E-state index in [2.05, 4.69) is 11.9 Å². The standard InChI is InChI=1S/C7H11NO2.2ClH/c1-2-5-3-6(7(9)10)8-4-5;;/h2,5-6,8H,1,3-4H2,(H,9,10);2*1H. The van der Waals surface area contributed by atoms with Crippen LogP contribution in [0.3, 0.4) is 0 Å². The molecule has 12 heavy (non-hydrogen) atoms. The van der Waals surface area contributed by atoms with E-state index in [1.54, 1.807) is 6.08 Å². The van der Waals surface area contributed by atoms with Crippen LogP contribution in [0, 0.1) is 5.92 Å². The molecule has 1 fully saturated rings. The second kappa shape index (κ2) is 6.29. The van der Waals surface area contributed by atoms with Crippen LogP contribution < -0.4 is 5.32 Å². The summed E-state index contributed by atoms with van der Waals surface area (Å²) in [5, 5.41) is 11.4. The molecule has 0 bridgehead atoms. The van der Waals surface area contributed by atoms with Gasteiger partial charge in [0.05, 0.1) is 0 Å². The minimum Gasteiger partial charge on any atom is -0.480 e. The molecule has 72 valence electrons. The highest BCUT2D eigenvalue weighted by molar-refractivity contribution is 5.85. The van der Waals surface area contributed by atoms with E-state index in [-0.39, 0.29) is 30.9 Å². The summed E-state index contributed by atoms with van der Waals surface area (Å²) < 4.78 is 0. The molecule has 1 aliphatic rings. The smallest absolute Gasteiger partial charge is 0.320 e. The van der Waals surface area contributed by atoms with Crippen molar-refractivity contribution < 1.29 is 9.90 Å². The molecule has 0 amide bonds. The van der Waals surface area contributed by atoms with Gasteiger partial charge in [-0.3, -0.25) is 4.79 Å². The summed E-state index contributed by atoms with van der Waals surface area (Å²) in [6.45, 7) is 4.35. The Kier molecular flexibility index (Phi) is 7.48. The molecule has 0 saturated carbocycles. The van der Waals surface area contributed by atoms with Gasteiger partial charge in [-0.1, -0.05) is 6.08 Å². The molecule has 2 N–H and O–H groups in total. The van der Waals surface area contributed by atoms with Crippen LogP contribution in [0.15, 0.2) is 12.7 Å². The lowest BCUT2D eigenvalue weighted by Crippen LogP contribution is -2.29. The third-order valence-corrected chi connectivity index (χ3v) is 1.80. The van der Waals surface area contributed by atoms with E-state index in [9.17, 15) is 4.79 Å². The summed E-state index contributed by atoms with van der Waals surface area (Å²) in [6, 6.07) is -0.358. The monoisotopic (exact) mass is 213 g/mol. The number of nitrogens with one attached hydrogen (secondary N) is 1. The Balaban J connectivity index is 0. The third kappa shape index (κ3) is 3.43. The molecule has 2 atom stereocenters. The first kappa shape index (κ1) is 14.3. The Labute approximate surface area is 84.0 Å². The topological polar surface area (TPSA) is 49.3 Å². The second-order valence-corrected chi connectivity index (χ2v) is 2.53. The minimum atomic E-state index is -0.760. The zero-order valence-electron chi connectivity index (χ0n) is 6.53. The fourth-order valence-electron chi connectivity index (χ4n) is 1.13. The molecule has 0 spiro atoms. The Morgan fingerprint density at radius 2 is 2.17 bits per heavy atom. The molecule has 0 radical (unpaired) electrons. The van der Waals surface area contributed by atoms with Gasteiger partial charge in [0, 0.05) is 6.54 Å². The molecular formula is C7H13Cl2NO2. The molecular weight excluding hydrogens is 201 g/mol. The Bertz CT molecular complexity index is 163. The van der Waals surface area contributed by atoms with Crippen LogP contribution in [0.5, 0.6) is 0 Å². The van der Waals surface area contributed by atoms with Gasteiger partial charge in [-0.05, 0) is 12.3 Å². The van der Waals surface area contributed by atoms with Crippen LogP contribution in [0.4, 0.5) is 0 Å². The van der Waals surface area contributed by atoms with Gasteiger partial charge in [0.2, 0.25) is 0 Å². The number of carboxylic acid groups (broad SMARTS) is 1. The SMILES string of the molecule is C=CC1CNC(C(=O)O)C1.Cl.Cl. The van der Waals surface area contributed by atoms with Gasteiger partial charge in [0.1, 0.15) is 6.04 Å². The van der Waals surface area contributed by atoms with Gasteiger partial charge in [-0.15, -0.1) is 31.4 Å². The van der Waals surface area contributed by atoms with E-state index in [1.807, 2.05) is 0 Å². The Morgan fingerprint density at radius 3 is 2.42 bits per heavy atom. The molecule has 3 nitrogen and oxygen atoms in total. The van der Waals surface area contributed by atoms with Crippen molar-refractivity contribution in [3.63, 3.8) is 0 Å². The van der Waals surface area contributed by atoms with E-state index in [0.717, 1.165) is 6.54 Å². The summed E-state index contributed by atoms with van der Waals surface area (Å²) in [5.41, 5.74) is 0. The number of carbonyl (C=O) groups is 1. The quantitative estimate of drug-likeness (QED) is 0.676. The molecule has 0 aromatic carbocycles. The van der Waals surface area contributed by atoms with Gasteiger partial charge in [-0.2, -0.15) is 0 Å². The van der Waals surface area contributed by atoms with Crippen LogP contribution in [-0.4, -0.2) is 23.7 Å². The highest BCUT2D eigenvalue weighted by Crippen LogP contribution is 2.14. The molecule has 0 aromatic heterocycles. The molecule has 1 aliphatic heterocycles. The van der Waals surface area contributed by atoms with Crippen LogP contribution in [0.25, 0.3) is 0 Å². The van der Waals surface area contributed by atoms with Crippen molar-refractivity contribution in [2.24, 2.45) is 5.92 Å². The summed E-state index contributed by atoms with van der Waals surface area (Å²) in [7, 11) is 0. The zero-order valence-corrected chi connectivity index (χ0v) is 8.16. The van der Waals surface area contributed by atoms with E-state index in [1.165, 1.54) is 0 Å². The van der Waals surface area contributed by atoms with Crippen molar-refractivity contribution in [3.8, 4) is 0 Å². The van der Waals surface area contributed by atoms with Crippen LogP contribution in [-0.2, 0) is 4.79 Å². The Hall–Kier alpha value is -0.250. The molecule has 5 heteroatoms. The van der Waals surface area contributed by atoms with Gasteiger partial charge >= 0.3 is 5.97 Å². The van der Waals surface area contributed by atoms with Crippen molar-refractivity contribution in [3.05, 3.63) is 12.7 Å². The summed E-state index contributed by atoms with van der Waals surface area (Å²) >= 11 is 0. The average Bonchev–Trinajstić information content (AvgIpc) is 2.34. The van der Waals surface area contributed by atoms with Gasteiger partial charge < -0.3 is 10.4 Å². The van der Waals surface area contributed by atoms with E-state index >= 15 is 0 Å². The van der Waals surface area contributed by atoms with Crippen molar-refractivity contribution in [2.45, 2.75) is 12.5 Å². The fraction of sp³-hybridized carbons (Fsp3) is 0.571. The summed E-state index contributed by atoms with van der Waals surface area (Å²) in [6.07, 6.45) is 2.48. The van der Waals surface area contributed by atoms with Crippen molar-refractivity contribution in [1.29, 1.82) is 0 Å². The number of rotatable bonds is 2.